The topological polar surface area (TPSA) is 59.8 Å². The Bertz CT molecular complexity index is 1170. The molecule has 0 aliphatic rings. The number of carbonyl (C=O) groups is 1. The van der Waals surface area contributed by atoms with Crippen LogP contribution in [0, 0.1) is 13.8 Å². The van der Waals surface area contributed by atoms with Crippen LogP contribution >= 0.6 is 15.9 Å². The lowest BCUT2D eigenvalue weighted by Gasteiger charge is -2.08. The monoisotopic (exact) mass is 446 g/mol. The average molecular weight is 447 g/mol. The number of benzene rings is 3. The Morgan fingerprint density at radius 3 is 2.38 bits per heavy atom. The molecule has 4 aromatic rings. The number of nitrogens with zero attached hydrogens (tertiary/aromatic N) is 3. The maximum Gasteiger partial charge on any atom is 0.295 e. The fraction of sp³-hybridized carbons (Fsp3) is 0.0870. The Hall–Kier alpha value is -3.25. The van der Waals surface area contributed by atoms with Gasteiger partial charge in [0.1, 0.15) is 0 Å². The molecule has 0 unspecified atom stereocenters. The van der Waals surface area contributed by atoms with Gasteiger partial charge in [-0.1, -0.05) is 58.4 Å². The fourth-order valence-electron chi connectivity index (χ4n) is 3.01. The molecular weight excluding hydrogens is 428 g/mol. The molecule has 0 aliphatic heterocycles. The Kier molecular flexibility index (Phi) is 5.27. The Labute approximate surface area is 177 Å². The number of anilines is 1. The standard InChI is InChI=1S/C23H19BrN4O/c1-15-7-6-10-20(16(15)2)25-23(29)21-26-22(17-8-4-3-5-9-17)28(27-21)19-13-11-18(24)12-14-19/h3-14H,1-2H3,(H,25,29). The highest BCUT2D eigenvalue weighted by Crippen LogP contribution is 2.23. The zero-order valence-corrected chi connectivity index (χ0v) is 17.6. The first kappa shape index (κ1) is 19.1. The zero-order valence-electron chi connectivity index (χ0n) is 16.1. The van der Waals surface area contributed by atoms with E-state index in [4.69, 9.17) is 0 Å². The van der Waals surface area contributed by atoms with E-state index in [9.17, 15) is 4.79 Å². The highest BCUT2D eigenvalue weighted by Gasteiger charge is 2.19. The number of hydrogen-bond donors (Lipinski definition) is 1. The van der Waals surface area contributed by atoms with E-state index in [-0.39, 0.29) is 11.7 Å². The lowest BCUT2D eigenvalue weighted by atomic mass is 10.1. The summed E-state index contributed by atoms with van der Waals surface area (Å²) in [5.41, 5.74) is 4.60. The number of halogens is 1. The van der Waals surface area contributed by atoms with Crippen LogP contribution in [-0.2, 0) is 0 Å². The Morgan fingerprint density at radius 2 is 1.66 bits per heavy atom. The van der Waals surface area contributed by atoms with Gasteiger partial charge in [-0.3, -0.25) is 4.79 Å². The van der Waals surface area contributed by atoms with Gasteiger partial charge in [-0.15, -0.1) is 5.10 Å². The molecule has 0 bridgehead atoms. The van der Waals surface area contributed by atoms with Gasteiger partial charge in [0.2, 0.25) is 5.82 Å². The molecule has 1 N–H and O–H groups in total. The van der Waals surface area contributed by atoms with Gasteiger partial charge in [0.05, 0.1) is 5.69 Å². The molecule has 0 saturated heterocycles. The van der Waals surface area contributed by atoms with Crippen molar-refractivity contribution in [3.05, 3.63) is 94.2 Å². The number of aryl methyl sites for hydroxylation is 1. The van der Waals surface area contributed by atoms with Crippen molar-refractivity contribution in [3.63, 3.8) is 0 Å². The van der Waals surface area contributed by atoms with Crippen molar-refractivity contribution in [3.8, 4) is 17.1 Å². The smallest absolute Gasteiger partial charge is 0.295 e. The summed E-state index contributed by atoms with van der Waals surface area (Å²) in [7, 11) is 0. The summed E-state index contributed by atoms with van der Waals surface area (Å²) in [6.45, 7) is 3.99. The van der Waals surface area contributed by atoms with Crippen LogP contribution in [0.15, 0.2) is 77.3 Å². The summed E-state index contributed by atoms with van der Waals surface area (Å²) in [5, 5.41) is 7.45. The first-order valence-corrected chi connectivity index (χ1v) is 9.98. The van der Waals surface area contributed by atoms with E-state index in [1.165, 1.54) is 0 Å². The van der Waals surface area contributed by atoms with E-state index >= 15 is 0 Å². The average Bonchev–Trinajstić information content (AvgIpc) is 3.18. The van der Waals surface area contributed by atoms with Gasteiger partial charge in [0, 0.05) is 15.7 Å². The molecule has 4 rings (SSSR count). The summed E-state index contributed by atoms with van der Waals surface area (Å²) >= 11 is 3.45. The van der Waals surface area contributed by atoms with Crippen LogP contribution in [-0.4, -0.2) is 20.7 Å². The summed E-state index contributed by atoms with van der Waals surface area (Å²) in [6.07, 6.45) is 0. The summed E-state index contributed by atoms with van der Waals surface area (Å²) < 4.78 is 2.66. The summed E-state index contributed by atoms with van der Waals surface area (Å²) in [4.78, 5) is 17.5. The molecule has 3 aromatic carbocycles. The van der Waals surface area contributed by atoms with Crippen molar-refractivity contribution >= 4 is 27.5 Å². The van der Waals surface area contributed by atoms with Gasteiger partial charge in [-0.2, -0.15) is 0 Å². The number of nitrogens with one attached hydrogen (secondary N) is 1. The van der Waals surface area contributed by atoms with Gasteiger partial charge < -0.3 is 5.32 Å². The molecule has 1 amide bonds. The van der Waals surface area contributed by atoms with Crippen LogP contribution < -0.4 is 5.32 Å². The quantitative estimate of drug-likeness (QED) is 0.445. The van der Waals surface area contributed by atoms with Crippen LogP contribution in [0.5, 0.6) is 0 Å². The zero-order chi connectivity index (χ0) is 20.4. The van der Waals surface area contributed by atoms with Gasteiger partial charge >= 0.3 is 0 Å². The maximum absolute atomic E-state index is 12.9. The molecule has 0 saturated carbocycles. The van der Waals surface area contributed by atoms with Gasteiger partial charge in [-0.05, 0) is 55.3 Å². The van der Waals surface area contributed by atoms with Crippen molar-refractivity contribution in [1.29, 1.82) is 0 Å². The maximum atomic E-state index is 12.9. The molecular formula is C23H19BrN4O. The van der Waals surface area contributed by atoms with Crippen molar-refractivity contribution in [1.82, 2.24) is 14.8 Å². The van der Waals surface area contributed by atoms with Crippen molar-refractivity contribution in [2.45, 2.75) is 13.8 Å². The third kappa shape index (κ3) is 3.98. The SMILES string of the molecule is Cc1cccc(NC(=O)c2nc(-c3ccccc3)n(-c3ccc(Br)cc3)n2)c1C. The van der Waals surface area contributed by atoms with E-state index in [2.05, 4.69) is 31.3 Å². The fourth-order valence-corrected chi connectivity index (χ4v) is 3.27. The largest absolute Gasteiger partial charge is 0.319 e. The van der Waals surface area contributed by atoms with E-state index in [0.717, 1.165) is 32.5 Å². The predicted octanol–water partition coefficient (Wildman–Crippen LogP) is 5.57. The molecule has 0 aliphatic carbocycles. The highest BCUT2D eigenvalue weighted by atomic mass is 79.9. The minimum atomic E-state index is -0.341. The van der Waals surface area contributed by atoms with E-state index in [1.807, 2.05) is 86.6 Å². The third-order valence-corrected chi connectivity index (χ3v) is 5.29. The van der Waals surface area contributed by atoms with E-state index in [0.29, 0.717) is 5.82 Å². The Morgan fingerprint density at radius 1 is 0.931 bits per heavy atom. The minimum Gasteiger partial charge on any atom is -0.319 e. The van der Waals surface area contributed by atoms with Crippen LogP contribution in [0.25, 0.3) is 17.1 Å². The normalized spacial score (nSPS) is 10.7. The number of aromatic nitrogens is 3. The molecule has 144 valence electrons. The molecule has 0 atom stereocenters. The predicted molar refractivity (Wildman–Crippen MR) is 118 cm³/mol. The second-order valence-corrected chi connectivity index (χ2v) is 7.63. The number of carbonyl (C=O) groups excluding carboxylic acids is 1. The van der Waals surface area contributed by atoms with Crippen LogP contribution in [0.2, 0.25) is 0 Å². The molecule has 0 spiro atoms. The molecule has 5 nitrogen and oxygen atoms in total. The molecule has 0 radical (unpaired) electrons. The van der Waals surface area contributed by atoms with Crippen molar-refractivity contribution < 1.29 is 4.79 Å². The summed E-state index contributed by atoms with van der Waals surface area (Å²) in [5.74, 6) is 0.387. The second kappa shape index (κ2) is 8.01. The van der Waals surface area contributed by atoms with E-state index < -0.39 is 0 Å². The van der Waals surface area contributed by atoms with E-state index in [1.54, 1.807) is 4.68 Å². The van der Waals surface area contributed by atoms with Crippen LogP contribution in [0.4, 0.5) is 5.69 Å². The first-order chi connectivity index (χ1) is 14.0. The van der Waals surface area contributed by atoms with Gasteiger partial charge in [-0.25, -0.2) is 9.67 Å². The number of hydrogen-bond acceptors (Lipinski definition) is 3. The van der Waals surface area contributed by atoms with Crippen molar-refractivity contribution in [2.75, 3.05) is 5.32 Å². The molecule has 1 aromatic heterocycles. The van der Waals surface area contributed by atoms with Crippen LogP contribution in [0.1, 0.15) is 21.7 Å². The van der Waals surface area contributed by atoms with Crippen LogP contribution in [0.3, 0.4) is 0 Å². The first-order valence-electron chi connectivity index (χ1n) is 9.19. The number of rotatable bonds is 4. The highest BCUT2D eigenvalue weighted by molar-refractivity contribution is 9.10. The Balaban J connectivity index is 1.75. The third-order valence-electron chi connectivity index (χ3n) is 4.77. The molecule has 29 heavy (non-hydrogen) atoms. The van der Waals surface area contributed by atoms with Gasteiger partial charge in [0.15, 0.2) is 5.82 Å². The molecule has 1 heterocycles. The summed E-state index contributed by atoms with van der Waals surface area (Å²) in [6, 6.07) is 23.2. The minimum absolute atomic E-state index is 0.118. The molecule has 0 fully saturated rings. The lowest BCUT2D eigenvalue weighted by molar-refractivity contribution is 0.101. The van der Waals surface area contributed by atoms with Gasteiger partial charge in [0.25, 0.3) is 5.91 Å². The van der Waals surface area contributed by atoms with Crippen molar-refractivity contribution in [2.24, 2.45) is 0 Å². The second-order valence-electron chi connectivity index (χ2n) is 6.71. The number of amides is 1. The lowest BCUT2D eigenvalue weighted by Crippen LogP contribution is -2.15. The molecule has 6 heteroatoms.